The first kappa shape index (κ1) is 18.4. The second-order valence-electron chi connectivity index (χ2n) is 5.15. The van der Waals surface area contributed by atoms with Crippen LogP contribution >= 0.6 is 28.3 Å². The Morgan fingerprint density at radius 2 is 2.29 bits per heavy atom. The van der Waals surface area contributed by atoms with E-state index in [1.54, 1.807) is 12.1 Å². The van der Waals surface area contributed by atoms with Gasteiger partial charge in [0.2, 0.25) is 5.91 Å². The molecule has 0 radical (unpaired) electrons. The molecule has 2 rings (SSSR count). The molecular weight excluding hydrogens is 361 g/mol. The summed E-state index contributed by atoms with van der Waals surface area (Å²) in [5.74, 6) is -0.170. The number of likely N-dealkylation sites (tertiary alicyclic amines) is 1. The molecule has 1 atom stereocenters. The van der Waals surface area contributed by atoms with E-state index in [0.29, 0.717) is 16.9 Å². The predicted molar refractivity (Wildman–Crippen MR) is 88.2 cm³/mol. The number of carbonyl (C=O) groups excluding carboxylic acids is 1. The quantitative estimate of drug-likeness (QED) is 0.844. The average molecular weight is 381 g/mol. The van der Waals surface area contributed by atoms with E-state index < -0.39 is 5.82 Å². The Morgan fingerprint density at radius 3 is 2.95 bits per heavy atom. The lowest BCUT2D eigenvalue weighted by Gasteiger charge is -2.31. The number of carbonyl (C=O) groups is 1. The fourth-order valence-corrected chi connectivity index (χ4v) is 2.80. The first-order chi connectivity index (χ1) is 9.58. The topological polar surface area (TPSA) is 58.4 Å². The van der Waals surface area contributed by atoms with Crippen LogP contribution in [0.5, 0.6) is 0 Å². The zero-order chi connectivity index (χ0) is 14.5. The molecule has 0 bridgehead atoms. The number of piperidine rings is 1. The van der Waals surface area contributed by atoms with Gasteiger partial charge >= 0.3 is 0 Å². The maximum atomic E-state index is 13.6. The van der Waals surface area contributed by atoms with Crippen molar-refractivity contribution in [3.05, 3.63) is 28.5 Å². The van der Waals surface area contributed by atoms with E-state index in [9.17, 15) is 9.18 Å². The first-order valence-electron chi connectivity index (χ1n) is 6.76. The van der Waals surface area contributed by atoms with Crippen molar-refractivity contribution < 1.29 is 9.18 Å². The van der Waals surface area contributed by atoms with E-state index in [1.165, 1.54) is 6.07 Å². The van der Waals surface area contributed by atoms with Crippen LogP contribution in [0.4, 0.5) is 10.1 Å². The lowest BCUT2D eigenvalue weighted by atomic mass is 9.98. The van der Waals surface area contributed by atoms with E-state index in [1.807, 2.05) is 0 Å². The number of hydrogen-bond donors (Lipinski definition) is 2. The highest BCUT2D eigenvalue weighted by molar-refractivity contribution is 9.10. The molecule has 0 aromatic heterocycles. The summed E-state index contributed by atoms with van der Waals surface area (Å²) < 4.78 is 14.3. The molecule has 118 valence electrons. The molecule has 0 saturated carbocycles. The van der Waals surface area contributed by atoms with Gasteiger partial charge in [0.1, 0.15) is 5.82 Å². The molecule has 1 aromatic rings. The number of rotatable bonds is 4. The number of nitrogens with one attached hydrogen (secondary N) is 1. The molecule has 1 heterocycles. The van der Waals surface area contributed by atoms with Crippen molar-refractivity contribution in [2.75, 3.05) is 31.5 Å². The summed E-state index contributed by atoms with van der Waals surface area (Å²) in [7, 11) is 0. The van der Waals surface area contributed by atoms with E-state index in [2.05, 4.69) is 26.1 Å². The third-order valence-electron chi connectivity index (χ3n) is 3.51. The van der Waals surface area contributed by atoms with Gasteiger partial charge in [-0.05, 0) is 50.0 Å². The molecule has 1 amide bonds. The van der Waals surface area contributed by atoms with Crippen molar-refractivity contribution in [2.24, 2.45) is 11.7 Å². The van der Waals surface area contributed by atoms with Crippen LogP contribution in [0, 0.1) is 11.7 Å². The molecule has 1 aliphatic heterocycles. The highest BCUT2D eigenvalue weighted by Crippen LogP contribution is 2.20. The molecule has 1 unspecified atom stereocenters. The smallest absolute Gasteiger partial charge is 0.238 e. The molecule has 1 aromatic carbocycles. The van der Waals surface area contributed by atoms with Crippen molar-refractivity contribution in [3.8, 4) is 0 Å². The molecule has 7 heteroatoms. The van der Waals surface area contributed by atoms with Gasteiger partial charge in [-0.3, -0.25) is 9.69 Å². The number of nitrogens with zero attached hydrogens (tertiary/aromatic N) is 1. The second kappa shape index (κ2) is 8.68. The van der Waals surface area contributed by atoms with E-state index >= 15 is 0 Å². The van der Waals surface area contributed by atoms with Crippen LogP contribution in [0.3, 0.4) is 0 Å². The third-order valence-corrected chi connectivity index (χ3v) is 4.00. The van der Waals surface area contributed by atoms with Gasteiger partial charge in [-0.2, -0.15) is 0 Å². The van der Waals surface area contributed by atoms with Crippen LogP contribution in [0.2, 0.25) is 0 Å². The summed E-state index contributed by atoms with van der Waals surface area (Å²) in [6, 6.07) is 4.58. The lowest BCUT2D eigenvalue weighted by molar-refractivity contribution is -0.117. The Balaban J connectivity index is 0.00000220. The molecule has 21 heavy (non-hydrogen) atoms. The van der Waals surface area contributed by atoms with Gasteiger partial charge in [-0.15, -0.1) is 12.4 Å². The largest absolute Gasteiger partial charge is 0.330 e. The standard InChI is InChI=1S/C14H19BrFN3O.ClH/c15-11-3-4-13(12(16)6-11)18-14(20)9-19-5-1-2-10(7-17)8-19;/h3-4,6,10H,1-2,5,7-9,17H2,(H,18,20);1H. The Morgan fingerprint density at radius 1 is 1.52 bits per heavy atom. The predicted octanol–water partition coefficient (Wildman–Crippen LogP) is 2.62. The highest BCUT2D eigenvalue weighted by atomic mass is 79.9. The molecule has 3 N–H and O–H groups in total. The molecular formula is C14H20BrClFN3O. The number of amides is 1. The monoisotopic (exact) mass is 379 g/mol. The summed E-state index contributed by atoms with van der Waals surface area (Å²) in [6.45, 7) is 2.67. The van der Waals surface area contributed by atoms with Crippen LogP contribution in [0.15, 0.2) is 22.7 Å². The minimum absolute atomic E-state index is 0. The molecule has 4 nitrogen and oxygen atoms in total. The maximum Gasteiger partial charge on any atom is 0.238 e. The first-order valence-corrected chi connectivity index (χ1v) is 7.55. The summed E-state index contributed by atoms with van der Waals surface area (Å²) in [5, 5.41) is 2.61. The number of hydrogen-bond acceptors (Lipinski definition) is 3. The average Bonchev–Trinajstić information content (AvgIpc) is 2.42. The Kier molecular flexibility index (Phi) is 7.59. The van der Waals surface area contributed by atoms with Gasteiger partial charge < -0.3 is 11.1 Å². The van der Waals surface area contributed by atoms with Crippen LogP contribution in [-0.2, 0) is 4.79 Å². The van der Waals surface area contributed by atoms with E-state index in [-0.39, 0.29) is 30.5 Å². The van der Waals surface area contributed by atoms with Gasteiger partial charge in [0.15, 0.2) is 0 Å². The van der Waals surface area contributed by atoms with Crippen LogP contribution < -0.4 is 11.1 Å². The van der Waals surface area contributed by atoms with Gasteiger partial charge in [0.25, 0.3) is 0 Å². The minimum Gasteiger partial charge on any atom is -0.330 e. The van der Waals surface area contributed by atoms with Gasteiger partial charge in [0.05, 0.1) is 12.2 Å². The van der Waals surface area contributed by atoms with Crippen LogP contribution in [0.1, 0.15) is 12.8 Å². The fourth-order valence-electron chi connectivity index (χ4n) is 2.47. The molecule has 0 aliphatic carbocycles. The summed E-state index contributed by atoms with van der Waals surface area (Å²) >= 11 is 3.18. The van der Waals surface area contributed by atoms with Crippen molar-refractivity contribution in [3.63, 3.8) is 0 Å². The number of halogens is 3. The highest BCUT2D eigenvalue weighted by Gasteiger charge is 2.20. The number of nitrogens with two attached hydrogens (primary N) is 1. The van der Waals surface area contributed by atoms with Gasteiger partial charge in [-0.1, -0.05) is 15.9 Å². The van der Waals surface area contributed by atoms with E-state index in [0.717, 1.165) is 25.9 Å². The normalized spacial score (nSPS) is 18.9. The molecule has 1 fully saturated rings. The van der Waals surface area contributed by atoms with Crippen LogP contribution in [0.25, 0.3) is 0 Å². The molecule has 1 aliphatic rings. The van der Waals surface area contributed by atoms with Gasteiger partial charge in [-0.25, -0.2) is 4.39 Å². The van der Waals surface area contributed by atoms with Crippen molar-refractivity contribution in [1.82, 2.24) is 4.90 Å². The summed E-state index contributed by atoms with van der Waals surface area (Å²) in [5.41, 5.74) is 5.89. The van der Waals surface area contributed by atoms with E-state index in [4.69, 9.17) is 5.73 Å². The number of anilines is 1. The summed E-state index contributed by atoms with van der Waals surface area (Å²) in [6.07, 6.45) is 2.18. The Bertz CT molecular complexity index is 489. The van der Waals surface area contributed by atoms with Gasteiger partial charge in [0, 0.05) is 11.0 Å². The fraction of sp³-hybridized carbons (Fsp3) is 0.500. The van der Waals surface area contributed by atoms with Crippen LogP contribution in [-0.4, -0.2) is 37.0 Å². The van der Waals surface area contributed by atoms with Crippen molar-refractivity contribution >= 4 is 39.9 Å². The SMILES string of the molecule is Cl.NCC1CCCN(CC(=O)Nc2ccc(Br)cc2F)C1. The Labute approximate surface area is 138 Å². The molecule has 1 saturated heterocycles. The minimum atomic E-state index is -0.439. The lowest BCUT2D eigenvalue weighted by Crippen LogP contribution is -2.42. The van der Waals surface area contributed by atoms with Crippen molar-refractivity contribution in [2.45, 2.75) is 12.8 Å². The Hall–Kier alpha value is -0.690. The second-order valence-corrected chi connectivity index (χ2v) is 6.07. The zero-order valence-electron chi connectivity index (χ0n) is 11.6. The third kappa shape index (κ3) is 5.54. The van der Waals surface area contributed by atoms with Crippen molar-refractivity contribution in [1.29, 1.82) is 0 Å². The molecule has 0 spiro atoms. The summed E-state index contributed by atoms with van der Waals surface area (Å²) in [4.78, 5) is 14.0. The maximum absolute atomic E-state index is 13.6. The number of benzene rings is 1. The zero-order valence-corrected chi connectivity index (χ0v) is 14.1.